The molecule has 0 amide bonds. The first-order valence-electron chi connectivity index (χ1n) is 7.42. The molecule has 0 radical (unpaired) electrons. The summed E-state index contributed by atoms with van der Waals surface area (Å²) < 4.78 is 5.38. The van der Waals surface area contributed by atoms with Crippen molar-refractivity contribution in [3.8, 4) is 5.75 Å². The number of likely N-dealkylation sites (tertiary alicyclic amines) is 1. The molecule has 1 heterocycles. The molecule has 1 N–H and O–H groups in total. The SMILES string of the molecule is COc1cccc(N(C)CCN2CCCC2)c1[C@H](C)O. The third-order valence-corrected chi connectivity index (χ3v) is 4.04. The number of methoxy groups -OCH3 is 1. The molecule has 112 valence electrons. The summed E-state index contributed by atoms with van der Waals surface area (Å²) in [6.07, 6.45) is 2.11. The summed E-state index contributed by atoms with van der Waals surface area (Å²) in [6.45, 7) is 6.26. The molecular weight excluding hydrogens is 252 g/mol. The van der Waals surface area contributed by atoms with E-state index in [1.807, 2.05) is 12.1 Å². The van der Waals surface area contributed by atoms with Crippen molar-refractivity contribution in [1.29, 1.82) is 0 Å². The Balaban J connectivity index is 2.09. The van der Waals surface area contributed by atoms with Crippen molar-refractivity contribution in [2.75, 3.05) is 45.2 Å². The average molecular weight is 278 g/mol. The van der Waals surface area contributed by atoms with Gasteiger partial charge in [0.1, 0.15) is 5.75 Å². The molecule has 0 saturated carbocycles. The first-order valence-corrected chi connectivity index (χ1v) is 7.42. The van der Waals surface area contributed by atoms with Gasteiger partial charge in [0.25, 0.3) is 0 Å². The topological polar surface area (TPSA) is 35.9 Å². The zero-order chi connectivity index (χ0) is 14.5. The van der Waals surface area contributed by atoms with E-state index in [0.29, 0.717) is 0 Å². The summed E-state index contributed by atoms with van der Waals surface area (Å²) in [7, 11) is 3.73. The lowest BCUT2D eigenvalue weighted by atomic mass is 10.1. The minimum Gasteiger partial charge on any atom is -0.496 e. The summed E-state index contributed by atoms with van der Waals surface area (Å²) in [5.74, 6) is 0.755. The van der Waals surface area contributed by atoms with Crippen LogP contribution in [0.25, 0.3) is 0 Å². The first-order chi connectivity index (χ1) is 9.63. The Morgan fingerprint density at radius 3 is 2.65 bits per heavy atom. The Hall–Kier alpha value is -1.26. The van der Waals surface area contributed by atoms with Crippen LogP contribution in [-0.4, -0.2) is 50.3 Å². The molecule has 0 aromatic heterocycles. The lowest BCUT2D eigenvalue weighted by molar-refractivity contribution is 0.194. The summed E-state index contributed by atoms with van der Waals surface area (Å²) in [5.41, 5.74) is 1.93. The highest BCUT2D eigenvalue weighted by atomic mass is 16.5. The van der Waals surface area contributed by atoms with Crippen molar-refractivity contribution in [2.45, 2.75) is 25.9 Å². The van der Waals surface area contributed by atoms with Gasteiger partial charge in [-0.15, -0.1) is 0 Å². The molecule has 1 aromatic carbocycles. The van der Waals surface area contributed by atoms with Crippen LogP contribution < -0.4 is 9.64 Å². The molecule has 1 fully saturated rings. The van der Waals surface area contributed by atoms with E-state index in [-0.39, 0.29) is 0 Å². The van der Waals surface area contributed by atoms with Gasteiger partial charge in [0.15, 0.2) is 0 Å². The number of anilines is 1. The summed E-state index contributed by atoms with van der Waals surface area (Å²) in [6, 6.07) is 5.93. The average Bonchev–Trinajstić information content (AvgIpc) is 2.96. The highest BCUT2D eigenvalue weighted by Gasteiger charge is 2.18. The van der Waals surface area contributed by atoms with Gasteiger partial charge in [-0.2, -0.15) is 0 Å². The van der Waals surface area contributed by atoms with Gasteiger partial charge in [0.05, 0.1) is 13.2 Å². The van der Waals surface area contributed by atoms with Crippen LogP contribution >= 0.6 is 0 Å². The molecule has 1 aliphatic rings. The Bertz CT molecular complexity index is 428. The monoisotopic (exact) mass is 278 g/mol. The summed E-state index contributed by atoms with van der Waals surface area (Å²) >= 11 is 0. The summed E-state index contributed by atoms with van der Waals surface area (Å²) in [4.78, 5) is 4.71. The van der Waals surface area contributed by atoms with Gasteiger partial charge in [0.2, 0.25) is 0 Å². The molecule has 1 atom stereocenters. The van der Waals surface area contributed by atoms with Gasteiger partial charge < -0.3 is 19.6 Å². The number of nitrogens with zero attached hydrogens (tertiary/aromatic N) is 2. The maximum absolute atomic E-state index is 10.0. The van der Waals surface area contributed by atoms with Crippen LogP contribution in [0, 0.1) is 0 Å². The second-order valence-corrected chi connectivity index (χ2v) is 5.54. The van der Waals surface area contributed by atoms with Gasteiger partial charge in [0, 0.05) is 31.4 Å². The van der Waals surface area contributed by atoms with Crippen LogP contribution in [0.4, 0.5) is 5.69 Å². The minimum absolute atomic E-state index is 0.532. The van der Waals surface area contributed by atoms with Crippen molar-refractivity contribution in [2.24, 2.45) is 0 Å². The molecule has 1 aromatic rings. The van der Waals surface area contributed by atoms with Crippen LogP contribution in [0.3, 0.4) is 0 Å². The van der Waals surface area contributed by atoms with E-state index in [2.05, 4.69) is 22.9 Å². The Morgan fingerprint density at radius 1 is 1.35 bits per heavy atom. The predicted octanol–water partition coefficient (Wildman–Crippen LogP) is 2.28. The maximum atomic E-state index is 10.0. The quantitative estimate of drug-likeness (QED) is 0.866. The molecule has 2 rings (SSSR count). The first kappa shape index (κ1) is 15.1. The number of hydrogen-bond donors (Lipinski definition) is 1. The molecule has 1 saturated heterocycles. The van der Waals surface area contributed by atoms with Gasteiger partial charge >= 0.3 is 0 Å². The maximum Gasteiger partial charge on any atom is 0.126 e. The van der Waals surface area contributed by atoms with E-state index in [1.165, 1.54) is 25.9 Å². The van der Waals surface area contributed by atoms with E-state index in [9.17, 15) is 5.11 Å². The fraction of sp³-hybridized carbons (Fsp3) is 0.625. The molecule has 20 heavy (non-hydrogen) atoms. The van der Waals surface area contributed by atoms with E-state index < -0.39 is 6.10 Å². The Kier molecular flexibility index (Phi) is 5.26. The third-order valence-electron chi connectivity index (χ3n) is 4.04. The predicted molar refractivity (Wildman–Crippen MR) is 82.6 cm³/mol. The molecule has 0 bridgehead atoms. The molecule has 4 nitrogen and oxygen atoms in total. The number of aliphatic hydroxyl groups excluding tert-OH is 1. The summed E-state index contributed by atoms with van der Waals surface area (Å²) in [5, 5.41) is 10.0. The lowest BCUT2D eigenvalue weighted by Gasteiger charge is -2.27. The van der Waals surface area contributed by atoms with Crippen molar-refractivity contribution >= 4 is 5.69 Å². The van der Waals surface area contributed by atoms with Crippen LogP contribution in [0.15, 0.2) is 18.2 Å². The minimum atomic E-state index is -0.532. The Morgan fingerprint density at radius 2 is 2.05 bits per heavy atom. The largest absolute Gasteiger partial charge is 0.496 e. The van der Waals surface area contributed by atoms with Gasteiger partial charge in [-0.05, 0) is 45.0 Å². The third kappa shape index (κ3) is 3.44. The van der Waals surface area contributed by atoms with Gasteiger partial charge in [-0.3, -0.25) is 0 Å². The van der Waals surface area contributed by atoms with Crippen molar-refractivity contribution in [3.63, 3.8) is 0 Å². The highest BCUT2D eigenvalue weighted by molar-refractivity contribution is 5.60. The number of rotatable bonds is 6. The van der Waals surface area contributed by atoms with E-state index in [4.69, 9.17) is 4.74 Å². The van der Waals surface area contributed by atoms with Crippen LogP contribution in [0.1, 0.15) is 31.4 Å². The molecule has 0 spiro atoms. The van der Waals surface area contributed by atoms with Crippen molar-refractivity contribution in [3.05, 3.63) is 23.8 Å². The molecule has 1 aliphatic heterocycles. The van der Waals surface area contributed by atoms with E-state index in [0.717, 1.165) is 30.1 Å². The van der Waals surface area contributed by atoms with Crippen LogP contribution in [-0.2, 0) is 0 Å². The smallest absolute Gasteiger partial charge is 0.126 e. The van der Waals surface area contributed by atoms with Crippen molar-refractivity contribution < 1.29 is 9.84 Å². The standard InChI is InChI=1S/C16H26N2O2/c1-13(19)16-14(7-6-8-15(16)20-3)17(2)11-12-18-9-4-5-10-18/h6-8,13,19H,4-5,9-12H2,1-3H3/t13-/m0/s1. The fourth-order valence-corrected chi connectivity index (χ4v) is 2.88. The van der Waals surface area contributed by atoms with Crippen LogP contribution in [0.2, 0.25) is 0 Å². The van der Waals surface area contributed by atoms with Crippen molar-refractivity contribution in [1.82, 2.24) is 4.90 Å². The van der Waals surface area contributed by atoms with E-state index >= 15 is 0 Å². The lowest BCUT2D eigenvalue weighted by Crippen LogP contribution is -2.32. The van der Waals surface area contributed by atoms with Gasteiger partial charge in [-0.1, -0.05) is 6.07 Å². The van der Waals surface area contributed by atoms with Crippen LogP contribution in [0.5, 0.6) is 5.75 Å². The zero-order valence-corrected chi connectivity index (χ0v) is 12.8. The van der Waals surface area contributed by atoms with Gasteiger partial charge in [-0.25, -0.2) is 0 Å². The fourth-order valence-electron chi connectivity index (χ4n) is 2.88. The number of ether oxygens (including phenoxy) is 1. The molecular formula is C16H26N2O2. The second-order valence-electron chi connectivity index (χ2n) is 5.54. The number of hydrogen-bond acceptors (Lipinski definition) is 4. The number of aliphatic hydroxyl groups is 1. The number of likely N-dealkylation sites (N-methyl/N-ethyl adjacent to an activating group) is 1. The second kappa shape index (κ2) is 6.95. The molecule has 0 unspecified atom stereocenters. The molecule has 0 aliphatic carbocycles. The highest BCUT2D eigenvalue weighted by Crippen LogP contribution is 2.34. The number of benzene rings is 1. The van der Waals surface area contributed by atoms with E-state index in [1.54, 1.807) is 14.0 Å². The molecule has 4 heteroatoms. The normalized spacial score (nSPS) is 17.2. The Labute approximate surface area is 122 Å². The zero-order valence-electron chi connectivity index (χ0n) is 12.8.